The first-order valence-corrected chi connectivity index (χ1v) is 2.38. The van der Waals surface area contributed by atoms with E-state index in [9.17, 15) is 0 Å². The molecule has 2 N–H and O–H groups in total. The molecule has 1 saturated heterocycles. The summed E-state index contributed by atoms with van der Waals surface area (Å²) >= 11 is 0. The Hall–Kier alpha value is -0.160. The number of hydrogen-bond donors (Lipinski definition) is 2. The Balaban J connectivity index is 2.19. The molecule has 0 atom stereocenters. The summed E-state index contributed by atoms with van der Waals surface area (Å²) in [6.07, 6.45) is -0.585. The fourth-order valence-electron chi connectivity index (χ4n) is 0.483. The van der Waals surface area contributed by atoms with Crippen molar-refractivity contribution >= 4 is 0 Å². The van der Waals surface area contributed by atoms with E-state index in [0.29, 0.717) is 0 Å². The highest BCUT2D eigenvalue weighted by atomic mass is 16.8. The van der Waals surface area contributed by atoms with E-state index in [1.807, 2.05) is 0 Å². The van der Waals surface area contributed by atoms with Crippen molar-refractivity contribution in [3.8, 4) is 0 Å². The van der Waals surface area contributed by atoms with Crippen molar-refractivity contribution < 1.29 is 19.7 Å². The van der Waals surface area contributed by atoms with E-state index < -0.39 is 12.6 Å². The molecule has 0 unspecified atom stereocenters. The van der Waals surface area contributed by atoms with Crippen molar-refractivity contribution in [3.63, 3.8) is 0 Å². The van der Waals surface area contributed by atoms with Crippen LogP contribution in [0.3, 0.4) is 0 Å². The van der Waals surface area contributed by atoms with Crippen molar-refractivity contribution in [3.05, 3.63) is 0 Å². The third-order valence-electron chi connectivity index (χ3n) is 0.862. The summed E-state index contributed by atoms with van der Waals surface area (Å²) in [5.41, 5.74) is 0. The van der Waals surface area contributed by atoms with Gasteiger partial charge in [-0.1, -0.05) is 0 Å². The third kappa shape index (κ3) is 1.41. The maximum atomic E-state index is 8.67. The average Bonchev–Trinajstić information content (AvgIpc) is 1.77. The molecular weight excluding hydrogens is 112 g/mol. The van der Waals surface area contributed by atoms with E-state index in [2.05, 4.69) is 9.47 Å². The Labute approximate surface area is 46.6 Å². The van der Waals surface area contributed by atoms with Gasteiger partial charge >= 0.3 is 0 Å². The molecule has 1 heterocycles. The summed E-state index contributed by atoms with van der Waals surface area (Å²) in [5, 5.41) is 17.1. The first-order valence-electron chi connectivity index (χ1n) is 2.38. The monoisotopic (exact) mass is 120 g/mol. The number of ether oxygens (including phenoxy) is 2. The molecule has 4 heteroatoms. The lowest BCUT2D eigenvalue weighted by atomic mass is 10.4. The Morgan fingerprint density at radius 2 is 1.62 bits per heavy atom. The van der Waals surface area contributed by atoms with Crippen LogP contribution in [-0.2, 0) is 9.47 Å². The van der Waals surface area contributed by atoms with Gasteiger partial charge in [-0.2, -0.15) is 0 Å². The molecule has 1 aliphatic heterocycles. The van der Waals surface area contributed by atoms with Crippen LogP contribution in [0.15, 0.2) is 0 Å². The lowest BCUT2D eigenvalue weighted by Gasteiger charge is -2.21. The van der Waals surface area contributed by atoms with E-state index >= 15 is 0 Å². The molecule has 0 aromatic rings. The predicted molar refractivity (Wildman–Crippen MR) is 23.9 cm³/mol. The van der Waals surface area contributed by atoms with Gasteiger partial charge in [0.15, 0.2) is 0 Å². The standard InChI is InChI=1S/C4H8O4/c5-3-1-7-4(6)8-2-3/h3-6H,1-2H2. The van der Waals surface area contributed by atoms with Crippen LogP contribution < -0.4 is 0 Å². The van der Waals surface area contributed by atoms with Crippen LogP contribution in [-0.4, -0.2) is 36.0 Å². The average molecular weight is 120 g/mol. The molecule has 0 amide bonds. The molecule has 4 nitrogen and oxygen atoms in total. The first-order chi connectivity index (χ1) is 3.79. The van der Waals surface area contributed by atoms with Crippen molar-refractivity contribution in [2.75, 3.05) is 13.2 Å². The topological polar surface area (TPSA) is 58.9 Å². The predicted octanol–water partition coefficient (Wildman–Crippen LogP) is -1.33. The molecular formula is C4H8O4. The number of aliphatic hydroxyl groups excluding tert-OH is 2. The van der Waals surface area contributed by atoms with Crippen LogP contribution in [0.25, 0.3) is 0 Å². The van der Waals surface area contributed by atoms with Crippen LogP contribution in [0.2, 0.25) is 0 Å². The summed E-state index contributed by atoms with van der Waals surface area (Å²) < 4.78 is 8.95. The van der Waals surface area contributed by atoms with E-state index in [4.69, 9.17) is 10.2 Å². The maximum Gasteiger partial charge on any atom is 0.269 e. The minimum atomic E-state index is -1.14. The lowest BCUT2D eigenvalue weighted by molar-refractivity contribution is -0.309. The summed E-state index contributed by atoms with van der Waals surface area (Å²) in [4.78, 5) is 0. The Kier molecular flexibility index (Phi) is 1.80. The van der Waals surface area contributed by atoms with Crippen molar-refractivity contribution in [1.82, 2.24) is 0 Å². The molecule has 1 rings (SSSR count). The molecule has 0 radical (unpaired) electrons. The van der Waals surface area contributed by atoms with Crippen LogP contribution in [0.1, 0.15) is 0 Å². The van der Waals surface area contributed by atoms with E-state index in [1.54, 1.807) is 0 Å². The van der Waals surface area contributed by atoms with Gasteiger partial charge in [0, 0.05) is 0 Å². The first kappa shape index (κ1) is 5.97. The Bertz CT molecular complexity index is 56.4. The van der Waals surface area contributed by atoms with Gasteiger partial charge in [-0.05, 0) is 0 Å². The second kappa shape index (κ2) is 2.41. The summed E-state index contributed by atoms with van der Waals surface area (Å²) in [6.45, 7) is -0.833. The van der Waals surface area contributed by atoms with E-state index in [-0.39, 0.29) is 13.2 Å². The molecule has 1 fully saturated rings. The molecule has 0 bridgehead atoms. The van der Waals surface area contributed by atoms with Crippen molar-refractivity contribution in [2.45, 2.75) is 12.6 Å². The van der Waals surface area contributed by atoms with Gasteiger partial charge in [0.25, 0.3) is 6.48 Å². The van der Waals surface area contributed by atoms with Gasteiger partial charge < -0.3 is 19.7 Å². The summed E-state index contributed by atoms with van der Waals surface area (Å²) in [5.74, 6) is 0. The number of aliphatic hydroxyl groups is 2. The quantitative estimate of drug-likeness (QED) is 0.416. The third-order valence-corrected chi connectivity index (χ3v) is 0.862. The van der Waals surface area contributed by atoms with Crippen LogP contribution in [0, 0.1) is 0 Å². The zero-order chi connectivity index (χ0) is 5.98. The Morgan fingerprint density at radius 3 is 2.00 bits per heavy atom. The normalized spacial score (nSPS) is 39.8. The smallest absolute Gasteiger partial charge is 0.269 e. The molecule has 0 aromatic carbocycles. The molecule has 8 heavy (non-hydrogen) atoms. The highest BCUT2D eigenvalue weighted by Gasteiger charge is 2.16. The van der Waals surface area contributed by atoms with Gasteiger partial charge in [0.2, 0.25) is 0 Å². The van der Waals surface area contributed by atoms with Crippen molar-refractivity contribution in [2.24, 2.45) is 0 Å². The van der Waals surface area contributed by atoms with Crippen LogP contribution in [0.5, 0.6) is 0 Å². The minimum Gasteiger partial charge on any atom is -0.388 e. The minimum absolute atomic E-state index is 0.154. The van der Waals surface area contributed by atoms with Gasteiger partial charge in [-0.25, -0.2) is 0 Å². The number of hydrogen-bond acceptors (Lipinski definition) is 4. The number of rotatable bonds is 0. The molecule has 0 aliphatic carbocycles. The van der Waals surface area contributed by atoms with Crippen LogP contribution in [0.4, 0.5) is 0 Å². The second-order valence-corrected chi connectivity index (χ2v) is 1.63. The van der Waals surface area contributed by atoms with E-state index in [1.165, 1.54) is 0 Å². The highest BCUT2D eigenvalue weighted by molar-refractivity contribution is 4.53. The zero-order valence-electron chi connectivity index (χ0n) is 4.28. The molecule has 0 aromatic heterocycles. The highest BCUT2D eigenvalue weighted by Crippen LogP contribution is 2.00. The summed E-state index contributed by atoms with van der Waals surface area (Å²) in [7, 11) is 0. The van der Waals surface area contributed by atoms with Gasteiger partial charge in [0.1, 0.15) is 6.10 Å². The molecule has 0 saturated carbocycles. The summed E-state index contributed by atoms with van der Waals surface area (Å²) in [6, 6.07) is 0. The van der Waals surface area contributed by atoms with Gasteiger partial charge in [0.05, 0.1) is 13.2 Å². The van der Waals surface area contributed by atoms with Gasteiger partial charge in [-0.15, -0.1) is 0 Å². The van der Waals surface area contributed by atoms with E-state index in [0.717, 1.165) is 0 Å². The Morgan fingerprint density at radius 1 is 1.12 bits per heavy atom. The van der Waals surface area contributed by atoms with Crippen LogP contribution >= 0.6 is 0 Å². The largest absolute Gasteiger partial charge is 0.388 e. The maximum absolute atomic E-state index is 8.67. The lowest BCUT2D eigenvalue weighted by Crippen LogP contribution is -2.35. The van der Waals surface area contributed by atoms with Gasteiger partial charge in [-0.3, -0.25) is 0 Å². The molecule has 1 aliphatic rings. The van der Waals surface area contributed by atoms with Crippen molar-refractivity contribution in [1.29, 1.82) is 0 Å². The molecule has 0 spiro atoms. The zero-order valence-corrected chi connectivity index (χ0v) is 4.28. The fraction of sp³-hybridized carbons (Fsp3) is 1.00. The second-order valence-electron chi connectivity index (χ2n) is 1.63. The SMILES string of the molecule is OC1COC(O)OC1. The molecule has 48 valence electrons. The fourth-order valence-corrected chi connectivity index (χ4v) is 0.483.